The van der Waals surface area contributed by atoms with E-state index in [1.54, 1.807) is 5.57 Å². The molecule has 0 atom stereocenters. The van der Waals surface area contributed by atoms with Gasteiger partial charge in [0, 0.05) is 0 Å². The second-order valence-corrected chi connectivity index (χ2v) is 3.14. The summed E-state index contributed by atoms with van der Waals surface area (Å²) in [7, 11) is 6.36. The maximum absolute atomic E-state index is 2.23. The summed E-state index contributed by atoms with van der Waals surface area (Å²) in [6, 6.07) is 0. The first-order chi connectivity index (χ1) is 5.29. The lowest BCUT2D eigenvalue weighted by Gasteiger charge is -2.06. The summed E-state index contributed by atoms with van der Waals surface area (Å²) < 4.78 is 0. The van der Waals surface area contributed by atoms with Crippen LogP contribution in [0.4, 0.5) is 0 Å². The predicted octanol–water partition coefficient (Wildman–Crippen LogP) is 1.86. The predicted molar refractivity (Wildman–Crippen MR) is 50.7 cm³/mol. The topological polar surface area (TPSA) is 3.24 Å². The second kappa shape index (κ2) is 4.40. The van der Waals surface area contributed by atoms with E-state index in [0.717, 1.165) is 0 Å². The molecular weight excluding hydrogens is 133 g/mol. The molecule has 0 heterocycles. The van der Waals surface area contributed by atoms with Gasteiger partial charge in [0.2, 0.25) is 7.41 Å². The van der Waals surface area contributed by atoms with Crippen molar-refractivity contribution in [2.24, 2.45) is 0 Å². The molecule has 0 aromatic heterocycles. The van der Waals surface area contributed by atoms with Gasteiger partial charge in [-0.1, -0.05) is 30.1 Å². The molecule has 0 aromatic carbocycles. The highest BCUT2D eigenvalue weighted by atomic mass is 15.0. The van der Waals surface area contributed by atoms with Gasteiger partial charge in [0.15, 0.2) is 0 Å². The first-order valence-electron chi connectivity index (χ1n) is 4.13. The minimum atomic E-state index is 1.17. The molecule has 0 bridgehead atoms. The van der Waals surface area contributed by atoms with Crippen LogP contribution in [-0.4, -0.2) is 26.3 Å². The first-order valence-corrected chi connectivity index (χ1v) is 4.13. The average Bonchev–Trinajstić information content (AvgIpc) is 2.39. The summed E-state index contributed by atoms with van der Waals surface area (Å²) in [5, 5.41) is 0. The zero-order valence-corrected chi connectivity index (χ0v) is 7.38. The molecule has 0 aliphatic heterocycles. The molecule has 1 rings (SSSR count). The highest BCUT2D eigenvalue weighted by molar-refractivity contribution is 6.31. The Morgan fingerprint density at radius 2 is 2.36 bits per heavy atom. The molecule has 1 radical (unpaired) electrons. The van der Waals surface area contributed by atoms with Gasteiger partial charge >= 0.3 is 0 Å². The second-order valence-electron chi connectivity index (χ2n) is 3.14. The van der Waals surface area contributed by atoms with Crippen molar-refractivity contribution in [2.75, 3.05) is 14.1 Å². The summed E-state index contributed by atoms with van der Waals surface area (Å²) in [4.78, 5) is 2.11. The summed E-state index contributed by atoms with van der Waals surface area (Å²) in [5.41, 5.74) is 1.56. The fourth-order valence-electron chi connectivity index (χ4n) is 1.19. The first kappa shape index (κ1) is 8.60. The molecule has 59 valence electrons. The summed E-state index contributed by atoms with van der Waals surface area (Å²) in [6.45, 7) is 0. The summed E-state index contributed by atoms with van der Waals surface area (Å²) >= 11 is 0. The van der Waals surface area contributed by atoms with E-state index in [0.29, 0.717) is 0 Å². The Morgan fingerprint density at radius 1 is 1.55 bits per heavy atom. The van der Waals surface area contributed by atoms with E-state index < -0.39 is 0 Å². The quantitative estimate of drug-likeness (QED) is 0.550. The number of nitrogens with zero attached hydrogens (tertiary/aromatic N) is 1. The van der Waals surface area contributed by atoms with Gasteiger partial charge in [-0.25, -0.2) is 0 Å². The van der Waals surface area contributed by atoms with Gasteiger partial charge in [0.1, 0.15) is 0 Å². The summed E-state index contributed by atoms with van der Waals surface area (Å²) in [5.74, 6) is 0. The van der Waals surface area contributed by atoms with E-state index in [1.165, 1.54) is 19.2 Å². The van der Waals surface area contributed by atoms with E-state index >= 15 is 0 Å². The van der Waals surface area contributed by atoms with Crippen molar-refractivity contribution in [3.8, 4) is 0 Å². The zero-order chi connectivity index (χ0) is 8.10. The normalized spacial score (nSPS) is 15.7. The fourth-order valence-corrected chi connectivity index (χ4v) is 1.19. The van der Waals surface area contributed by atoms with Crippen LogP contribution in [0, 0.1) is 0 Å². The number of hydrogen-bond acceptors (Lipinski definition) is 1. The molecule has 11 heavy (non-hydrogen) atoms. The van der Waals surface area contributed by atoms with Gasteiger partial charge in [-0.05, 0) is 26.9 Å². The SMILES string of the molecule is CN(C)[B]CCC1=CC=CC1. The number of allylic oxidation sites excluding steroid dienone is 4. The standard InChI is InChI=1S/C9H15BN/c1-11(2)10-8-7-9-5-3-4-6-9/h3-5H,6-8H2,1-2H3. The lowest BCUT2D eigenvalue weighted by Crippen LogP contribution is -2.16. The molecular formula is C9H15BN. The zero-order valence-electron chi connectivity index (χ0n) is 7.38. The number of hydrogen-bond donors (Lipinski definition) is 0. The van der Waals surface area contributed by atoms with Crippen LogP contribution in [0.25, 0.3) is 0 Å². The molecule has 0 fully saturated rings. The highest BCUT2D eigenvalue weighted by Crippen LogP contribution is 2.15. The van der Waals surface area contributed by atoms with Crippen LogP contribution in [0.3, 0.4) is 0 Å². The Kier molecular flexibility index (Phi) is 3.44. The fraction of sp³-hybridized carbons (Fsp3) is 0.556. The molecule has 0 saturated carbocycles. The van der Waals surface area contributed by atoms with Gasteiger partial charge in [0.25, 0.3) is 0 Å². The molecule has 0 unspecified atom stereocenters. The van der Waals surface area contributed by atoms with Crippen molar-refractivity contribution in [3.05, 3.63) is 23.8 Å². The van der Waals surface area contributed by atoms with Gasteiger partial charge in [0.05, 0.1) is 0 Å². The van der Waals surface area contributed by atoms with Gasteiger partial charge in [-0.15, -0.1) is 0 Å². The monoisotopic (exact) mass is 148 g/mol. The van der Waals surface area contributed by atoms with Crippen molar-refractivity contribution in [1.82, 2.24) is 4.81 Å². The minimum Gasteiger partial charge on any atom is -0.352 e. The minimum absolute atomic E-state index is 1.17. The summed E-state index contributed by atoms with van der Waals surface area (Å²) in [6.07, 6.45) is 10.1. The van der Waals surface area contributed by atoms with Crippen molar-refractivity contribution in [2.45, 2.75) is 19.2 Å². The Labute approximate surface area is 70.0 Å². The third kappa shape index (κ3) is 3.42. The van der Waals surface area contributed by atoms with Crippen molar-refractivity contribution >= 4 is 7.41 Å². The van der Waals surface area contributed by atoms with Crippen molar-refractivity contribution in [3.63, 3.8) is 0 Å². The van der Waals surface area contributed by atoms with Crippen LogP contribution in [0.1, 0.15) is 12.8 Å². The van der Waals surface area contributed by atoms with E-state index in [4.69, 9.17) is 0 Å². The molecule has 2 heteroatoms. The maximum atomic E-state index is 2.23. The van der Waals surface area contributed by atoms with E-state index in [1.807, 2.05) is 0 Å². The molecule has 1 aliphatic carbocycles. The Balaban J connectivity index is 2.04. The van der Waals surface area contributed by atoms with Crippen LogP contribution in [-0.2, 0) is 0 Å². The van der Waals surface area contributed by atoms with Crippen LogP contribution < -0.4 is 0 Å². The molecule has 1 nitrogen and oxygen atoms in total. The van der Waals surface area contributed by atoms with E-state index in [2.05, 4.69) is 44.5 Å². The van der Waals surface area contributed by atoms with Gasteiger partial charge in [-0.3, -0.25) is 0 Å². The Bertz CT molecular complexity index is 170. The van der Waals surface area contributed by atoms with Crippen LogP contribution >= 0.6 is 0 Å². The van der Waals surface area contributed by atoms with Crippen molar-refractivity contribution < 1.29 is 0 Å². The highest BCUT2D eigenvalue weighted by Gasteiger charge is 2.00. The molecule has 0 spiro atoms. The van der Waals surface area contributed by atoms with Crippen LogP contribution in [0.2, 0.25) is 6.32 Å². The third-order valence-corrected chi connectivity index (χ3v) is 1.81. The molecule has 0 N–H and O–H groups in total. The largest absolute Gasteiger partial charge is 0.352 e. The molecule has 0 amide bonds. The average molecular weight is 148 g/mol. The Hall–Kier alpha value is -0.495. The molecule has 0 saturated heterocycles. The molecule has 1 aliphatic rings. The Morgan fingerprint density at radius 3 is 2.91 bits per heavy atom. The number of rotatable bonds is 4. The van der Waals surface area contributed by atoms with Crippen LogP contribution in [0.5, 0.6) is 0 Å². The smallest absolute Gasteiger partial charge is 0.208 e. The maximum Gasteiger partial charge on any atom is 0.208 e. The molecule has 0 aromatic rings. The lowest BCUT2D eigenvalue weighted by atomic mass is 9.83. The third-order valence-electron chi connectivity index (χ3n) is 1.81. The van der Waals surface area contributed by atoms with Gasteiger partial charge in [-0.2, -0.15) is 0 Å². The van der Waals surface area contributed by atoms with Gasteiger partial charge < -0.3 is 4.81 Å². The lowest BCUT2D eigenvalue weighted by molar-refractivity contribution is 0.655. The van der Waals surface area contributed by atoms with Crippen molar-refractivity contribution in [1.29, 1.82) is 0 Å². The van der Waals surface area contributed by atoms with E-state index in [-0.39, 0.29) is 0 Å². The van der Waals surface area contributed by atoms with E-state index in [9.17, 15) is 0 Å². The van der Waals surface area contributed by atoms with Crippen LogP contribution in [0.15, 0.2) is 23.8 Å².